The average Bonchev–Trinajstić information content (AvgIpc) is 4.25. The van der Waals surface area contributed by atoms with Crippen molar-refractivity contribution in [1.82, 2.24) is 54.5 Å². The van der Waals surface area contributed by atoms with Gasteiger partial charge in [0, 0.05) is 38.1 Å². The van der Waals surface area contributed by atoms with Gasteiger partial charge in [-0.25, -0.2) is 27.5 Å². The molecule has 78 heavy (non-hydrogen) atoms. The molecule has 0 aliphatic rings. The fourth-order valence-electron chi connectivity index (χ4n) is 7.90. The molecule has 0 aliphatic carbocycles. The third kappa shape index (κ3) is 13.1. The van der Waals surface area contributed by atoms with Crippen LogP contribution in [0.15, 0.2) is 158 Å². The van der Waals surface area contributed by atoms with Crippen LogP contribution >= 0.6 is 11.6 Å². The van der Waals surface area contributed by atoms with Gasteiger partial charge in [0.15, 0.2) is 5.69 Å². The summed E-state index contributed by atoms with van der Waals surface area (Å²) in [5.41, 5.74) is 18.7. The Balaban J connectivity index is 0.000000126. The molecule has 0 radical (unpaired) electrons. The van der Waals surface area contributed by atoms with Gasteiger partial charge in [0.05, 0.1) is 16.6 Å². The number of aromatic amines is 1. The van der Waals surface area contributed by atoms with Crippen LogP contribution in [0.25, 0.3) is 92.7 Å². The van der Waals surface area contributed by atoms with Gasteiger partial charge in [-0.05, 0) is 138 Å². The maximum absolute atomic E-state index is 12.8. The monoisotopic (exact) mass is 1060 g/mol. The SMILES string of the molecule is Cn1nc(/C=C/c2ccc(F)cc2)c2c1ccc[n+]2O.Cn1nc(/C=C/c2ccc(F)cc2)c2nc(N)ccc21.Cn1nc(/C=C/c2ccc(F)cc2)c2ncccc21.Fc1ccc(/C=C/c2n[nH]c3ccc(Cl)nc23)cc1. The number of nitrogens with zero attached hydrogens (tertiary/aromatic N) is 11. The van der Waals surface area contributed by atoms with Crippen LogP contribution < -0.4 is 10.5 Å². The number of hydrogen-bond donors (Lipinski definition) is 3. The Morgan fingerprint density at radius 3 is 1.47 bits per heavy atom. The van der Waals surface area contributed by atoms with E-state index >= 15 is 0 Å². The number of pyridine rings is 4. The first-order valence-corrected chi connectivity index (χ1v) is 24.3. The molecule has 12 aromatic rings. The predicted octanol–water partition coefficient (Wildman–Crippen LogP) is 12.5. The number of fused-ring (bicyclic) bond motifs is 4. The first kappa shape index (κ1) is 52.8. The lowest BCUT2D eigenvalue weighted by atomic mass is 10.2. The van der Waals surface area contributed by atoms with Crippen LogP contribution in [0, 0.1) is 23.3 Å². The smallest absolute Gasteiger partial charge is 0.309 e. The Hall–Kier alpha value is -10.1. The average molecular weight is 1070 g/mol. The Labute approximate surface area is 448 Å². The molecular formula is C59H47ClF4N13O+. The van der Waals surface area contributed by atoms with E-state index in [1.807, 2.05) is 94.0 Å². The minimum Gasteiger partial charge on any atom is -0.384 e. The molecule has 0 bridgehead atoms. The van der Waals surface area contributed by atoms with Crippen molar-refractivity contribution in [3.05, 3.63) is 231 Å². The lowest BCUT2D eigenvalue weighted by Gasteiger charge is -1.94. The maximum atomic E-state index is 12.8. The zero-order valence-electron chi connectivity index (χ0n) is 42.0. The fraction of sp³-hybridized carbons (Fsp3) is 0.0508. The molecule has 19 heteroatoms. The van der Waals surface area contributed by atoms with Crippen molar-refractivity contribution in [2.75, 3.05) is 5.73 Å². The van der Waals surface area contributed by atoms with Crippen LogP contribution in [0.3, 0.4) is 0 Å². The number of hydrogen-bond acceptors (Lipinski definition) is 9. The van der Waals surface area contributed by atoms with Crippen molar-refractivity contribution in [2.24, 2.45) is 21.1 Å². The number of halogens is 5. The molecule has 0 atom stereocenters. The summed E-state index contributed by atoms with van der Waals surface area (Å²) in [4.78, 5) is 12.9. The third-order valence-corrected chi connectivity index (χ3v) is 12.0. The van der Waals surface area contributed by atoms with Gasteiger partial charge >= 0.3 is 5.52 Å². The van der Waals surface area contributed by atoms with Gasteiger partial charge < -0.3 is 5.73 Å². The summed E-state index contributed by atoms with van der Waals surface area (Å²) in [6.45, 7) is 0. The van der Waals surface area contributed by atoms with Crippen LogP contribution in [-0.2, 0) is 21.1 Å². The number of nitrogen functional groups attached to an aromatic ring is 1. The number of aryl methyl sites for hydroxylation is 3. The van der Waals surface area contributed by atoms with Gasteiger partial charge in [0.2, 0.25) is 6.20 Å². The van der Waals surface area contributed by atoms with Crippen LogP contribution in [-0.4, -0.2) is 59.7 Å². The molecule has 4 N–H and O–H groups in total. The van der Waals surface area contributed by atoms with E-state index in [9.17, 15) is 22.8 Å². The number of aromatic nitrogens is 12. The highest BCUT2D eigenvalue weighted by molar-refractivity contribution is 6.29. The number of nitrogens with one attached hydrogen (secondary N) is 1. The molecule has 8 heterocycles. The summed E-state index contributed by atoms with van der Waals surface area (Å²) in [6, 6.07) is 39.6. The van der Waals surface area contributed by atoms with Crippen molar-refractivity contribution >= 4 is 110 Å². The van der Waals surface area contributed by atoms with E-state index in [0.717, 1.165) is 71.5 Å². The van der Waals surface area contributed by atoms with E-state index in [-0.39, 0.29) is 23.3 Å². The van der Waals surface area contributed by atoms with Crippen molar-refractivity contribution in [3.63, 3.8) is 0 Å². The largest absolute Gasteiger partial charge is 0.384 e. The molecule has 0 spiro atoms. The van der Waals surface area contributed by atoms with E-state index in [1.165, 1.54) is 48.5 Å². The lowest BCUT2D eigenvalue weighted by Crippen LogP contribution is -2.30. The van der Waals surface area contributed by atoms with E-state index < -0.39 is 0 Å². The number of benzene rings is 4. The van der Waals surface area contributed by atoms with Gasteiger partial charge in [-0.3, -0.25) is 29.3 Å². The van der Waals surface area contributed by atoms with Crippen molar-refractivity contribution in [3.8, 4) is 0 Å². The van der Waals surface area contributed by atoms with Crippen LogP contribution in [0.4, 0.5) is 23.4 Å². The summed E-state index contributed by atoms with van der Waals surface area (Å²) >= 11 is 5.86. The highest BCUT2D eigenvalue weighted by atomic mass is 35.5. The standard InChI is InChI=1S/C15H13FN4.C15H13FN3O.C15H12FN3.C14H9ClFN3/c1-20-13-8-9-14(17)18-15(13)12(19-20)7-4-10-2-5-11(16)6-3-10;1-18-14-3-2-10-19(20)15(14)13(17-18)9-6-11-4-7-12(16)8-5-11;1-19-14-3-2-10-17-15(14)13(18-19)9-6-11-4-7-12(16)8-5-11;15-13-8-7-12-14(17-13)11(18-19-12)6-3-9-1-4-10(16)5-2-9/h2-9H,1H3,(H2,17,18);2-10,20H,1H3;2-10H,1H3;1-8H,(H,18,19)/q;+1;;/b7-4+;2*9-6+;6-3+. The van der Waals surface area contributed by atoms with Crippen molar-refractivity contribution < 1.29 is 27.5 Å². The van der Waals surface area contributed by atoms with Gasteiger partial charge in [0.25, 0.3) is 0 Å². The second kappa shape index (κ2) is 24.1. The van der Waals surface area contributed by atoms with E-state index in [0.29, 0.717) is 33.4 Å². The molecule has 14 nitrogen and oxygen atoms in total. The molecule has 0 amide bonds. The summed E-state index contributed by atoms with van der Waals surface area (Å²) in [5, 5.41) is 30.5. The molecule has 0 saturated carbocycles. The van der Waals surface area contributed by atoms with E-state index in [4.69, 9.17) is 17.3 Å². The Kier molecular flexibility index (Phi) is 16.3. The molecule has 12 rings (SSSR count). The number of rotatable bonds is 8. The molecule has 4 aromatic carbocycles. The van der Waals surface area contributed by atoms with Crippen LogP contribution in [0.1, 0.15) is 45.0 Å². The summed E-state index contributed by atoms with van der Waals surface area (Å²) in [6.07, 6.45) is 18.1. The van der Waals surface area contributed by atoms with Crippen LogP contribution in [0.2, 0.25) is 5.15 Å². The number of anilines is 1. The second-order valence-corrected chi connectivity index (χ2v) is 17.7. The Morgan fingerprint density at radius 2 is 0.936 bits per heavy atom. The van der Waals surface area contributed by atoms with E-state index in [2.05, 4.69) is 40.4 Å². The molecule has 8 aromatic heterocycles. The van der Waals surface area contributed by atoms with Crippen LogP contribution in [0.5, 0.6) is 0 Å². The summed E-state index contributed by atoms with van der Waals surface area (Å²) in [7, 11) is 5.56. The van der Waals surface area contributed by atoms with Gasteiger partial charge in [-0.15, -0.1) is 0 Å². The first-order valence-electron chi connectivity index (χ1n) is 23.9. The molecular weight excluding hydrogens is 1020 g/mol. The second-order valence-electron chi connectivity index (χ2n) is 17.3. The Morgan fingerprint density at radius 1 is 0.487 bits per heavy atom. The fourth-order valence-corrected chi connectivity index (χ4v) is 8.05. The predicted molar refractivity (Wildman–Crippen MR) is 300 cm³/mol. The normalized spacial score (nSPS) is 11.5. The molecule has 0 saturated heterocycles. The highest BCUT2D eigenvalue weighted by Gasteiger charge is 2.18. The molecule has 0 fully saturated rings. The third-order valence-electron chi connectivity index (χ3n) is 11.8. The maximum Gasteiger partial charge on any atom is 0.309 e. The van der Waals surface area contributed by atoms with Crippen molar-refractivity contribution in [2.45, 2.75) is 0 Å². The number of nitrogens with two attached hydrogens (primary N) is 1. The quantitative estimate of drug-likeness (QED) is 0.0580. The highest BCUT2D eigenvalue weighted by Crippen LogP contribution is 2.22. The van der Waals surface area contributed by atoms with Gasteiger partial charge in [-0.1, -0.05) is 84.4 Å². The molecule has 0 aliphatic heterocycles. The summed E-state index contributed by atoms with van der Waals surface area (Å²) in [5.74, 6) is -0.543. The minimum atomic E-state index is -0.265. The molecule has 0 unspecified atom stereocenters. The summed E-state index contributed by atoms with van der Waals surface area (Å²) < 4.78 is 57.6. The first-order chi connectivity index (χ1) is 37.7. The van der Waals surface area contributed by atoms with Crippen molar-refractivity contribution in [1.29, 1.82) is 0 Å². The lowest BCUT2D eigenvalue weighted by molar-refractivity contribution is -0.884. The minimum absolute atomic E-state index is 0.234. The van der Waals surface area contributed by atoms with Gasteiger partial charge in [0.1, 0.15) is 73.4 Å². The zero-order valence-corrected chi connectivity index (χ0v) is 42.7. The topological polar surface area (TPSA) is 171 Å². The molecule has 388 valence electrons. The van der Waals surface area contributed by atoms with Gasteiger partial charge in [-0.2, -0.15) is 20.4 Å². The Bertz CT molecular complexity index is 4150. The van der Waals surface area contributed by atoms with E-state index in [1.54, 1.807) is 99.2 Å². The zero-order chi connectivity index (χ0) is 54.7. The number of H-pyrrole nitrogens is 1.